The first-order valence-corrected chi connectivity index (χ1v) is 6.80. The van der Waals surface area contributed by atoms with Gasteiger partial charge >= 0.3 is 0 Å². The Labute approximate surface area is 119 Å². The Bertz CT molecular complexity index is 537. The fourth-order valence-electron chi connectivity index (χ4n) is 2.01. The van der Waals surface area contributed by atoms with Crippen molar-refractivity contribution in [2.45, 2.75) is 38.8 Å². The summed E-state index contributed by atoms with van der Waals surface area (Å²) in [6.07, 6.45) is 0.513. The van der Waals surface area contributed by atoms with Gasteiger partial charge in [-0.2, -0.15) is 4.98 Å². The molecule has 5 heteroatoms. The number of nitrogens with zero attached hydrogens (tertiary/aromatic N) is 2. The summed E-state index contributed by atoms with van der Waals surface area (Å²) in [4.78, 5) is 4.38. The third-order valence-electron chi connectivity index (χ3n) is 3.13. The molecule has 1 atom stereocenters. The van der Waals surface area contributed by atoms with Crippen LogP contribution in [0.15, 0.2) is 34.9 Å². The molecule has 0 saturated carbocycles. The molecule has 0 saturated heterocycles. The topological polar surface area (TPSA) is 74.2 Å². The van der Waals surface area contributed by atoms with Crippen LogP contribution in [-0.4, -0.2) is 16.7 Å². The molecular formula is C15H21N3O2. The predicted molar refractivity (Wildman–Crippen MR) is 76.0 cm³/mol. The predicted octanol–water partition coefficient (Wildman–Crippen LogP) is 2.58. The van der Waals surface area contributed by atoms with Gasteiger partial charge < -0.3 is 15.0 Å². The summed E-state index contributed by atoms with van der Waals surface area (Å²) in [5.74, 6) is 1.08. The van der Waals surface area contributed by atoms with Crippen molar-refractivity contribution in [1.82, 2.24) is 10.1 Å². The summed E-state index contributed by atoms with van der Waals surface area (Å²) in [7, 11) is 0. The maximum absolute atomic E-state index is 6.14. The van der Waals surface area contributed by atoms with E-state index < -0.39 is 5.60 Å². The monoisotopic (exact) mass is 275 g/mol. The molecule has 0 radical (unpaired) electrons. The van der Waals surface area contributed by atoms with Crippen molar-refractivity contribution >= 4 is 0 Å². The van der Waals surface area contributed by atoms with E-state index in [0.717, 1.165) is 5.56 Å². The molecule has 20 heavy (non-hydrogen) atoms. The SMILES string of the molecule is CCOC(C)(C)c1noc(CC(N)c2ccccc2)n1. The molecule has 0 aliphatic carbocycles. The van der Waals surface area contributed by atoms with Crippen LogP contribution < -0.4 is 5.73 Å². The summed E-state index contributed by atoms with van der Waals surface area (Å²) in [5, 5.41) is 3.99. The molecule has 2 aromatic rings. The highest BCUT2D eigenvalue weighted by Gasteiger charge is 2.27. The first kappa shape index (κ1) is 14.7. The number of ether oxygens (including phenoxy) is 1. The standard InChI is InChI=1S/C15H21N3O2/c1-4-19-15(2,3)14-17-13(20-18-14)10-12(16)11-8-6-5-7-9-11/h5-9,12H,4,10,16H2,1-3H3. The van der Waals surface area contributed by atoms with Crippen LogP contribution >= 0.6 is 0 Å². The van der Waals surface area contributed by atoms with Gasteiger partial charge in [-0.3, -0.25) is 0 Å². The Hall–Kier alpha value is -1.72. The maximum Gasteiger partial charge on any atom is 0.228 e. The first-order chi connectivity index (χ1) is 9.53. The highest BCUT2D eigenvalue weighted by atomic mass is 16.5. The van der Waals surface area contributed by atoms with Crippen molar-refractivity contribution in [2.24, 2.45) is 5.73 Å². The third-order valence-corrected chi connectivity index (χ3v) is 3.13. The van der Waals surface area contributed by atoms with Crippen molar-refractivity contribution in [3.8, 4) is 0 Å². The van der Waals surface area contributed by atoms with Crippen LogP contribution in [0.2, 0.25) is 0 Å². The molecule has 0 bridgehead atoms. The van der Waals surface area contributed by atoms with Crippen LogP contribution in [0.3, 0.4) is 0 Å². The molecule has 0 fully saturated rings. The number of aromatic nitrogens is 2. The van der Waals surface area contributed by atoms with E-state index in [-0.39, 0.29) is 6.04 Å². The molecule has 108 valence electrons. The molecule has 5 nitrogen and oxygen atoms in total. The minimum atomic E-state index is -0.548. The van der Waals surface area contributed by atoms with Crippen molar-refractivity contribution in [1.29, 1.82) is 0 Å². The zero-order valence-corrected chi connectivity index (χ0v) is 12.2. The van der Waals surface area contributed by atoms with Crippen LogP contribution in [0.25, 0.3) is 0 Å². The van der Waals surface area contributed by atoms with E-state index >= 15 is 0 Å². The Kier molecular flexibility index (Phi) is 4.52. The van der Waals surface area contributed by atoms with Gasteiger partial charge in [0.25, 0.3) is 0 Å². The second-order valence-electron chi connectivity index (χ2n) is 5.18. The highest BCUT2D eigenvalue weighted by molar-refractivity contribution is 5.19. The molecule has 0 aliphatic rings. The van der Waals surface area contributed by atoms with E-state index in [2.05, 4.69) is 10.1 Å². The maximum atomic E-state index is 6.14. The van der Waals surface area contributed by atoms with E-state index in [9.17, 15) is 0 Å². The lowest BCUT2D eigenvalue weighted by Crippen LogP contribution is -2.23. The summed E-state index contributed by atoms with van der Waals surface area (Å²) < 4.78 is 10.9. The summed E-state index contributed by atoms with van der Waals surface area (Å²) in [6, 6.07) is 9.72. The van der Waals surface area contributed by atoms with Gasteiger partial charge in [0.15, 0.2) is 0 Å². The largest absolute Gasteiger partial charge is 0.368 e. The van der Waals surface area contributed by atoms with Gasteiger partial charge in [-0.15, -0.1) is 0 Å². The number of benzene rings is 1. The number of hydrogen-bond donors (Lipinski definition) is 1. The summed E-state index contributed by atoms with van der Waals surface area (Å²) >= 11 is 0. The second-order valence-corrected chi connectivity index (χ2v) is 5.18. The van der Waals surface area contributed by atoms with Gasteiger partial charge in [0.2, 0.25) is 11.7 Å². The van der Waals surface area contributed by atoms with Crippen molar-refractivity contribution in [3.05, 3.63) is 47.6 Å². The smallest absolute Gasteiger partial charge is 0.228 e. The van der Waals surface area contributed by atoms with Crippen LogP contribution in [0.5, 0.6) is 0 Å². The van der Waals surface area contributed by atoms with Gasteiger partial charge in [-0.1, -0.05) is 35.5 Å². The Morgan fingerprint density at radius 1 is 1.30 bits per heavy atom. The molecule has 2 rings (SSSR count). The van der Waals surface area contributed by atoms with E-state index in [4.69, 9.17) is 15.0 Å². The van der Waals surface area contributed by atoms with E-state index in [1.807, 2.05) is 51.1 Å². The number of hydrogen-bond acceptors (Lipinski definition) is 5. The molecule has 1 heterocycles. The second kappa shape index (κ2) is 6.15. The minimum Gasteiger partial charge on any atom is -0.368 e. The molecule has 2 N–H and O–H groups in total. The van der Waals surface area contributed by atoms with Gasteiger partial charge in [-0.05, 0) is 26.3 Å². The van der Waals surface area contributed by atoms with Crippen LogP contribution in [0.1, 0.15) is 44.1 Å². The molecule has 0 amide bonds. The van der Waals surface area contributed by atoms with E-state index in [0.29, 0.717) is 24.7 Å². The lowest BCUT2D eigenvalue weighted by atomic mass is 10.0. The first-order valence-electron chi connectivity index (χ1n) is 6.80. The zero-order valence-electron chi connectivity index (χ0n) is 12.2. The van der Waals surface area contributed by atoms with Gasteiger partial charge in [-0.25, -0.2) is 0 Å². The normalized spacial score (nSPS) is 13.4. The van der Waals surface area contributed by atoms with Gasteiger partial charge in [0.1, 0.15) is 5.60 Å². The Balaban J connectivity index is 2.06. The molecule has 1 aromatic carbocycles. The molecule has 1 aromatic heterocycles. The number of nitrogens with two attached hydrogens (primary N) is 1. The Morgan fingerprint density at radius 2 is 2.00 bits per heavy atom. The van der Waals surface area contributed by atoms with E-state index in [1.165, 1.54) is 0 Å². The van der Waals surface area contributed by atoms with Gasteiger partial charge in [0.05, 0.1) is 0 Å². The lowest BCUT2D eigenvalue weighted by molar-refractivity contribution is -0.0221. The van der Waals surface area contributed by atoms with Gasteiger partial charge in [0, 0.05) is 19.1 Å². The Morgan fingerprint density at radius 3 is 2.65 bits per heavy atom. The summed E-state index contributed by atoms with van der Waals surface area (Å²) in [6.45, 7) is 6.37. The lowest BCUT2D eigenvalue weighted by Gasteiger charge is -2.19. The zero-order chi connectivity index (χ0) is 14.6. The molecule has 1 unspecified atom stereocenters. The van der Waals surface area contributed by atoms with Crippen molar-refractivity contribution < 1.29 is 9.26 Å². The highest BCUT2D eigenvalue weighted by Crippen LogP contribution is 2.22. The fraction of sp³-hybridized carbons (Fsp3) is 0.467. The quantitative estimate of drug-likeness (QED) is 0.877. The van der Waals surface area contributed by atoms with Crippen LogP contribution in [0, 0.1) is 0 Å². The number of rotatable bonds is 6. The van der Waals surface area contributed by atoms with Crippen molar-refractivity contribution in [2.75, 3.05) is 6.61 Å². The fourth-order valence-corrected chi connectivity index (χ4v) is 2.01. The van der Waals surface area contributed by atoms with Crippen molar-refractivity contribution in [3.63, 3.8) is 0 Å². The average Bonchev–Trinajstić information content (AvgIpc) is 2.89. The minimum absolute atomic E-state index is 0.153. The van der Waals surface area contributed by atoms with E-state index in [1.54, 1.807) is 0 Å². The molecule has 0 aliphatic heterocycles. The molecular weight excluding hydrogens is 254 g/mol. The average molecular weight is 275 g/mol. The van der Waals surface area contributed by atoms with Crippen LogP contribution in [0.4, 0.5) is 0 Å². The molecule has 0 spiro atoms. The third kappa shape index (κ3) is 3.43. The van der Waals surface area contributed by atoms with Crippen LogP contribution in [-0.2, 0) is 16.8 Å². The summed E-state index contributed by atoms with van der Waals surface area (Å²) in [5.41, 5.74) is 6.65.